The lowest BCUT2D eigenvalue weighted by atomic mass is 10.0. The highest BCUT2D eigenvalue weighted by Crippen LogP contribution is 2.23. The normalized spacial score (nSPS) is 11.9. The lowest BCUT2D eigenvalue weighted by molar-refractivity contribution is -0.389. The van der Waals surface area contributed by atoms with Crippen LogP contribution in [-0.2, 0) is 16.0 Å². The molecule has 0 aliphatic carbocycles. The van der Waals surface area contributed by atoms with Crippen LogP contribution in [0.2, 0.25) is 0 Å². The van der Waals surface area contributed by atoms with Gasteiger partial charge in [0.15, 0.2) is 6.04 Å². The second kappa shape index (κ2) is 6.84. The number of carbonyl (C=O) groups excluding carboxylic acids is 1. The SMILES string of the molecule is CCOC(=O)C(c1cccc(CC)c1)n1cnc([N+](=O)[O-])c1. The van der Waals surface area contributed by atoms with E-state index in [1.165, 1.54) is 17.1 Å². The largest absolute Gasteiger partial charge is 0.464 e. The molecule has 0 bridgehead atoms. The van der Waals surface area contributed by atoms with Gasteiger partial charge in [0.2, 0.25) is 6.33 Å². The van der Waals surface area contributed by atoms with Gasteiger partial charge in [-0.15, -0.1) is 0 Å². The molecule has 1 aromatic carbocycles. The van der Waals surface area contributed by atoms with Gasteiger partial charge in [0.1, 0.15) is 6.20 Å². The summed E-state index contributed by atoms with van der Waals surface area (Å²) in [6.07, 6.45) is 3.34. The van der Waals surface area contributed by atoms with Crippen molar-refractivity contribution in [1.29, 1.82) is 0 Å². The molecule has 0 spiro atoms. The molecule has 1 unspecified atom stereocenters. The second-order valence-electron chi connectivity index (χ2n) is 4.69. The van der Waals surface area contributed by atoms with Gasteiger partial charge in [-0.1, -0.05) is 31.2 Å². The number of imidazole rings is 1. The Morgan fingerprint density at radius 1 is 1.45 bits per heavy atom. The fourth-order valence-corrected chi connectivity index (χ4v) is 2.20. The van der Waals surface area contributed by atoms with Crippen LogP contribution in [-0.4, -0.2) is 27.1 Å². The fraction of sp³-hybridized carbons (Fsp3) is 0.333. The Labute approximate surface area is 127 Å². The van der Waals surface area contributed by atoms with Gasteiger partial charge >= 0.3 is 11.8 Å². The number of nitro groups is 1. The first-order chi connectivity index (χ1) is 10.6. The zero-order valence-electron chi connectivity index (χ0n) is 12.4. The third kappa shape index (κ3) is 3.30. The number of ether oxygens (including phenoxy) is 1. The van der Waals surface area contributed by atoms with Crippen LogP contribution in [0.4, 0.5) is 5.82 Å². The summed E-state index contributed by atoms with van der Waals surface area (Å²) < 4.78 is 6.51. The Balaban J connectivity index is 2.45. The minimum Gasteiger partial charge on any atom is -0.464 e. The lowest BCUT2D eigenvalue weighted by Crippen LogP contribution is -2.22. The first-order valence-corrected chi connectivity index (χ1v) is 7.00. The zero-order valence-corrected chi connectivity index (χ0v) is 12.4. The van der Waals surface area contributed by atoms with E-state index < -0.39 is 16.9 Å². The maximum absolute atomic E-state index is 12.3. The van der Waals surface area contributed by atoms with Crippen molar-refractivity contribution in [3.63, 3.8) is 0 Å². The van der Waals surface area contributed by atoms with Gasteiger partial charge in [-0.2, -0.15) is 0 Å². The second-order valence-corrected chi connectivity index (χ2v) is 4.69. The molecule has 2 rings (SSSR count). The van der Waals surface area contributed by atoms with E-state index in [-0.39, 0.29) is 12.4 Å². The van der Waals surface area contributed by atoms with E-state index in [0.29, 0.717) is 5.56 Å². The Hall–Kier alpha value is -2.70. The molecule has 7 heteroatoms. The summed E-state index contributed by atoms with van der Waals surface area (Å²) in [7, 11) is 0. The smallest absolute Gasteiger partial charge is 0.381 e. The molecule has 0 saturated heterocycles. The van der Waals surface area contributed by atoms with Gasteiger partial charge in [-0.25, -0.2) is 4.79 Å². The maximum Gasteiger partial charge on any atom is 0.381 e. The van der Waals surface area contributed by atoms with Gasteiger partial charge < -0.3 is 14.9 Å². The molecule has 7 nitrogen and oxygen atoms in total. The Morgan fingerprint density at radius 3 is 2.82 bits per heavy atom. The summed E-state index contributed by atoms with van der Waals surface area (Å²) in [5.41, 5.74) is 1.78. The Bertz CT molecular complexity index is 681. The van der Waals surface area contributed by atoms with Crippen LogP contribution >= 0.6 is 0 Å². The van der Waals surface area contributed by atoms with Crippen LogP contribution in [0.5, 0.6) is 0 Å². The summed E-state index contributed by atoms with van der Waals surface area (Å²) in [4.78, 5) is 26.2. The minimum absolute atomic E-state index is 0.236. The molecule has 0 amide bonds. The molecule has 0 N–H and O–H groups in total. The summed E-state index contributed by atoms with van der Waals surface area (Å²) in [6, 6.07) is 6.72. The van der Waals surface area contributed by atoms with Crippen LogP contribution in [0, 0.1) is 10.1 Å². The van der Waals surface area contributed by atoms with Crippen LogP contribution < -0.4 is 0 Å². The van der Waals surface area contributed by atoms with Crippen molar-refractivity contribution >= 4 is 11.8 Å². The molecule has 0 aliphatic rings. The number of nitrogens with zero attached hydrogens (tertiary/aromatic N) is 3. The average molecular weight is 303 g/mol. The van der Waals surface area contributed by atoms with Crippen molar-refractivity contribution in [2.45, 2.75) is 26.3 Å². The third-order valence-electron chi connectivity index (χ3n) is 3.26. The number of hydrogen-bond acceptors (Lipinski definition) is 5. The lowest BCUT2D eigenvalue weighted by Gasteiger charge is -2.17. The summed E-state index contributed by atoms with van der Waals surface area (Å²) in [5.74, 6) is -0.774. The Kier molecular flexibility index (Phi) is 4.88. The minimum atomic E-state index is -0.785. The number of benzene rings is 1. The van der Waals surface area contributed by atoms with E-state index in [9.17, 15) is 14.9 Å². The van der Waals surface area contributed by atoms with Gasteiger partial charge in [0.25, 0.3) is 0 Å². The highest BCUT2D eigenvalue weighted by atomic mass is 16.6. The molecular weight excluding hydrogens is 286 g/mol. The number of esters is 1. The maximum atomic E-state index is 12.3. The van der Waals surface area contributed by atoms with Gasteiger partial charge in [-0.3, -0.25) is 4.57 Å². The predicted molar refractivity (Wildman–Crippen MR) is 79.5 cm³/mol. The van der Waals surface area contributed by atoms with E-state index in [1.54, 1.807) is 13.0 Å². The van der Waals surface area contributed by atoms with Crippen molar-refractivity contribution < 1.29 is 14.5 Å². The molecule has 0 aliphatic heterocycles. The highest BCUT2D eigenvalue weighted by Gasteiger charge is 2.27. The van der Waals surface area contributed by atoms with E-state index in [4.69, 9.17) is 4.74 Å². The molecular formula is C15H17N3O4. The predicted octanol–water partition coefficient (Wildman–Crippen LogP) is 2.51. The molecule has 0 fully saturated rings. The topological polar surface area (TPSA) is 87.3 Å². The monoisotopic (exact) mass is 303 g/mol. The van der Waals surface area contributed by atoms with Crippen LogP contribution in [0.1, 0.15) is 31.0 Å². The summed E-state index contributed by atoms with van der Waals surface area (Å²) >= 11 is 0. The average Bonchev–Trinajstić information content (AvgIpc) is 2.98. The number of carbonyl (C=O) groups is 1. The van der Waals surface area contributed by atoms with Crippen molar-refractivity contribution in [3.8, 4) is 0 Å². The first kappa shape index (κ1) is 15.7. The summed E-state index contributed by atoms with van der Waals surface area (Å²) in [6.45, 7) is 3.97. The number of aryl methyl sites for hydroxylation is 1. The molecule has 1 heterocycles. The van der Waals surface area contributed by atoms with Crippen LogP contribution in [0.3, 0.4) is 0 Å². The van der Waals surface area contributed by atoms with Crippen molar-refractivity contribution in [2.24, 2.45) is 0 Å². The number of rotatable bonds is 6. The van der Waals surface area contributed by atoms with Crippen LogP contribution in [0.25, 0.3) is 0 Å². The highest BCUT2D eigenvalue weighted by molar-refractivity contribution is 5.78. The number of hydrogen-bond donors (Lipinski definition) is 0. The van der Waals surface area contributed by atoms with Crippen LogP contribution in [0.15, 0.2) is 36.8 Å². The van der Waals surface area contributed by atoms with Crippen molar-refractivity contribution in [3.05, 3.63) is 58.0 Å². The number of aromatic nitrogens is 2. The van der Waals surface area contributed by atoms with E-state index >= 15 is 0 Å². The molecule has 116 valence electrons. The molecule has 1 aromatic heterocycles. The molecule has 1 atom stereocenters. The first-order valence-electron chi connectivity index (χ1n) is 7.00. The van der Waals surface area contributed by atoms with Crippen molar-refractivity contribution in [2.75, 3.05) is 6.61 Å². The molecule has 0 radical (unpaired) electrons. The fourth-order valence-electron chi connectivity index (χ4n) is 2.20. The van der Waals surface area contributed by atoms with Crippen molar-refractivity contribution in [1.82, 2.24) is 9.55 Å². The summed E-state index contributed by atoms with van der Waals surface area (Å²) in [5, 5.41) is 10.8. The van der Waals surface area contributed by atoms with E-state index in [2.05, 4.69) is 4.98 Å². The zero-order chi connectivity index (χ0) is 16.1. The molecule has 2 aromatic rings. The molecule has 0 saturated carbocycles. The van der Waals surface area contributed by atoms with E-state index in [0.717, 1.165) is 12.0 Å². The molecule has 22 heavy (non-hydrogen) atoms. The van der Waals surface area contributed by atoms with Gasteiger partial charge in [0.05, 0.1) is 6.61 Å². The Morgan fingerprint density at radius 2 is 2.23 bits per heavy atom. The standard InChI is InChI=1S/C15H17N3O4/c1-3-11-6-5-7-12(8-11)14(15(19)22-4-2)17-9-13(16-10-17)18(20)21/h5-10,14H,3-4H2,1-2H3. The third-order valence-corrected chi connectivity index (χ3v) is 3.26. The van der Waals surface area contributed by atoms with Gasteiger partial charge in [-0.05, 0) is 34.4 Å². The van der Waals surface area contributed by atoms with Gasteiger partial charge in [0, 0.05) is 0 Å². The van der Waals surface area contributed by atoms with E-state index in [1.807, 2.05) is 25.1 Å². The quantitative estimate of drug-likeness (QED) is 0.465.